The molecule has 64 valence electrons. The van der Waals surface area contributed by atoms with Crippen LogP contribution in [0.3, 0.4) is 0 Å². The summed E-state index contributed by atoms with van der Waals surface area (Å²) in [6, 6.07) is 5.09. The first kappa shape index (κ1) is 9.90. The van der Waals surface area contributed by atoms with E-state index in [1.54, 1.807) is 18.2 Å². The van der Waals surface area contributed by atoms with Gasteiger partial charge in [-0.1, -0.05) is 17.7 Å². The van der Waals surface area contributed by atoms with Gasteiger partial charge in [-0.2, -0.15) is 12.6 Å². The maximum Gasteiger partial charge on any atom is 0.253 e. The van der Waals surface area contributed by atoms with E-state index in [1.807, 2.05) is 0 Å². The number of carbonyl (C=O) groups excluding carboxylic acids is 1. The average molecular weight is 221 g/mol. The predicted molar refractivity (Wildman–Crippen MR) is 54.3 cm³/mol. The Morgan fingerprint density at radius 1 is 1.50 bits per heavy atom. The number of carbonyl (C=O) groups is 1. The molecule has 4 heteroatoms. The molecule has 0 fully saturated rings. The quantitative estimate of drug-likeness (QED) is 0.599. The molecule has 0 aliphatic heterocycles. The van der Waals surface area contributed by atoms with Gasteiger partial charge < -0.3 is 0 Å². The summed E-state index contributed by atoms with van der Waals surface area (Å²) in [6.07, 6.45) is 0. The Morgan fingerprint density at radius 3 is 2.67 bits per heavy atom. The molecular weight excluding hydrogens is 215 g/mol. The lowest BCUT2D eigenvalue weighted by Crippen LogP contribution is -1.91. The highest BCUT2D eigenvalue weighted by Gasteiger charge is 2.07. The molecule has 0 heterocycles. The van der Waals surface area contributed by atoms with Crippen LogP contribution in [0.2, 0.25) is 5.02 Å². The Morgan fingerprint density at radius 2 is 2.17 bits per heavy atom. The summed E-state index contributed by atoms with van der Waals surface area (Å²) in [6.45, 7) is 0. The topological polar surface area (TPSA) is 17.1 Å². The normalized spacial score (nSPS) is 9.92. The number of rotatable bonds is 2. The van der Waals surface area contributed by atoms with Crippen molar-refractivity contribution < 1.29 is 4.79 Å². The standard InChI is InChI=1S/C8H6Cl2OS/c9-7-2-1-5(4-12)3-6(7)8(10)11/h1-3,12H,4H2. The molecule has 0 aromatic heterocycles. The van der Waals surface area contributed by atoms with Gasteiger partial charge in [0.25, 0.3) is 5.24 Å². The van der Waals surface area contributed by atoms with E-state index in [1.165, 1.54) is 0 Å². The van der Waals surface area contributed by atoms with Crippen molar-refractivity contribution in [3.63, 3.8) is 0 Å². The van der Waals surface area contributed by atoms with Crippen LogP contribution < -0.4 is 0 Å². The molecular formula is C8H6Cl2OS. The number of thiol groups is 1. The molecule has 0 aliphatic rings. The fraction of sp³-hybridized carbons (Fsp3) is 0.125. The van der Waals surface area contributed by atoms with Gasteiger partial charge in [-0.25, -0.2) is 0 Å². The van der Waals surface area contributed by atoms with E-state index in [4.69, 9.17) is 23.2 Å². The Bertz CT molecular complexity index is 312. The second-order valence-corrected chi connectivity index (χ2v) is 3.31. The summed E-state index contributed by atoms with van der Waals surface area (Å²) in [5.74, 6) is 0.564. The molecule has 0 bridgehead atoms. The zero-order chi connectivity index (χ0) is 9.14. The zero-order valence-corrected chi connectivity index (χ0v) is 8.46. The number of halogens is 2. The number of hydrogen-bond acceptors (Lipinski definition) is 2. The molecule has 0 atom stereocenters. The smallest absolute Gasteiger partial charge is 0.253 e. The van der Waals surface area contributed by atoms with Crippen molar-refractivity contribution in [3.8, 4) is 0 Å². The van der Waals surface area contributed by atoms with Crippen molar-refractivity contribution in [2.24, 2.45) is 0 Å². The van der Waals surface area contributed by atoms with Gasteiger partial charge in [-0.05, 0) is 29.3 Å². The fourth-order valence-electron chi connectivity index (χ4n) is 0.821. The molecule has 1 rings (SSSR count). The van der Waals surface area contributed by atoms with Crippen LogP contribution in [0.25, 0.3) is 0 Å². The molecule has 0 spiro atoms. The van der Waals surface area contributed by atoms with Crippen molar-refractivity contribution in [3.05, 3.63) is 34.3 Å². The predicted octanol–water partition coefficient (Wildman–Crippen LogP) is 3.15. The molecule has 1 aromatic rings. The van der Waals surface area contributed by atoms with E-state index in [0.29, 0.717) is 16.3 Å². The van der Waals surface area contributed by atoms with Gasteiger partial charge in [0.05, 0.1) is 10.6 Å². The van der Waals surface area contributed by atoms with Crippen LogP contribution in [-0.2, 0) is 5.75 Å². The molecule has 0 saturated carbocycles. The average Bonchev–Trinajstić information content (AvgIpc) is 2.05. The summed E-state index contributed by atoms with van der Waals surface area (Å²) in [4.78, 5) is 10.8. The summed E-state index contributed by atoms with van der Waals surface area (Å²) in [5, 5.41) is -0.163. The van der Waals surface area contributed by atoms with Gasteiger partial charge in [-0.15, -0.1) is 0 Å². The lowest BCUT2D eigenvalue weighted by molar-refractivity contribution is 0.108. The monoisotopic (exact) mass is 220 g/mol. The van der Waals surface area contributed by atoms with E-state index in [9.17, 15) is 4.79 Å². The highest BCUT2D eigenvalue weighted by molar-refractivity contribution is 7.79. The van der Waals surface area contributed by atoms with Gasteiger partial charge in [-0.3, -0.25) is 4.79 Å². The first-order chi connectivity index (χ1) is 5.65. The largest absolute Gasteiger partial charge is 0.276 e. The highest BCUT2D eigenvalue weighted by Crippen LogP contribution is 2.20. The van der Waals surface area contributed by atoms with Crippen LogP contribution in [-0.4, -0.2) is 5.24 Å². The summed E-state index contributed by atoms with van der Waals surface area (Å²) in [7, 11) is 0. The van der Waals surface area contributed by atoms with Crippen molar-refractivity contribution in [2.45, 2.75) is 5.75 Å². The van der Waals surface area contributed by atoms with Crippen molar-refractivity contribution in [1.29, 1.82) is 0 Å². The summed E-state index contributed by atoms with van der Waals surface area (Å²) in [5.41, 5.74) is 1.26. The van der Waals surface area contributed by atoms with Crippen molar-refractivity contribution in [2.75, 3.05) is 0 Å². The fourth-order valence-corrected chi connectivity index (χ4v) is 1.43. The number of hydrogen-bond donors (Lipinski definition) is 1. The molecule has 1 nitrogen and oxygen atoms in total. The Kier molecular flexibility index (Phi) is 3.44. The Labute approximate surface area is 86.1 Å². The molecule has 0 aliphatic carbocycles. The first-order valence-electron chi connectivity index (χ1n) is 3.24. The minimum Gasteiger partial charge on any atom is -0.276 e. The van der Waals surface area contributed by atoms with Gasteiger partial charge >= 0.3 is 0 Å². The third-order valence-corrected chi connectivity index (χ3v) is 2.32. The summed E-state index contributed by atoms with van der Waals surface area (Å²) < 4.78 is 0. The van der Waals surface area contributed by atoms with Crippen molar-refractivity contribution in [1.82, 2.24) is 0 Å². The molecule has 1 aromatic carbocycles. The summed E-state index contributed by atoms with van der Waals surface area (Å²) >= 11 is 15.1. The lowest BCUT2D eigenvalue weighted by atomic mass is 10.1. The van der Waals surface area contributed by atoms with Crippen LogP contribution in [0.4, 0.5) is 0 Å². The maximum absolute atomic E-state index is 10.8. The van der Waals surface area contributed by atoms with Crippen LogP contribution >= 0.6 is 35.8 Å². The zero-order valence-electron chi connectivity index (χ0n) is 6.05. The molecule has 0 unspecified atom stereocenters. The van der Waals surface area contributed by atoms with Crippen LogP contribution in [0.1, 0.15) is 15.9 Å². The maximum atomic E-state index is 10.8. The van der Waals surface area contributed by atoms with Gasteiger partial charge in [0, 0.05) is 5.75 Å². The lowest BCUT2D eigenvalue weighted by Gasteiger charge is -2.00. The van der Waals surface area contributed by atoms with Crippen molar-refractivity contribution >= 4 is 41.1 Å². The van der Waals surface area contributed by atoms with Crippen LogP contribution in [0.5, 0.6) is 0 Å². The molecule has 0 amide bonds. The van der Waals surface area contributed by atoms with E-state index in [-0.39, 0.29) is 0 Å². The molecule has 12 heavy (non-hydrogen) atoms. The van der Waals surface area contributed by atoms with E-state index in [2.05, 4.69) is 12.6 Å². The Balaban J connectivity index is 3.17. The number of benzene rings is 1. The Hall–Kier alpha value is -0.180. The minimum absolute atomic E-state index is 0.338. The first-order valence-corrected chi connectivity index (χ1v) is 4.63. The minimum atomic E-state index is -0.538. The van der Waals surface area contributed by atoms with Crippen LogP contribution in [0.15, 0.2) is 18.2 Å². The van der Waals surface area contributed by atoms with E-state index in [0.717, 1.165) is 5.56 Å². The van der Waals surface area contributed by atoms with E-state index < -0.39 is 5.24 Å². The van der Waals surface area contributed by atoms with Gasteiger partial charge in [0.2, 0.25) is 0 Å². The third-order valence-electron chi connectivity index (χ3n) is 1.43. The second kappa shape index (κ2) is 4.17. The highest BCUT2D eigenvalue weighted by atomic mass is 35.5. The van der Waals surface area contributed by atoms with Crippen LogP contribution in [0, 0.1) is 0 Å². The van der Waals surface area contributed by atoms with Gasteiger partial charge in [0.1, 0.15) is 0 Å². The third kappa shape index (κ3) is 2.16. The molecule has 0 saturated heterocycles. The molecule has 0 N–H and O–H groups in total. The second-order valence-electron chi connectivity index (χ2n) is 2.25. The van der Waals surface area contributed by atoms with Gasteiger partial charge in [0.15, 0.2) is 0 Å². The SMILES string of the molecule is O=C(Cl)c1cc(CS)ccc1Cl. The van der Waals surface area contributed by atoms with E-state index >= 15 is 0 Å². The molecule has 0 radical (unpaired) electrons.